The molecule has 2 aromatic carbocycles. The lowest BCUT2D eigenvalue weighted by molar-refractivity contribution is -0.118. The van der Waals surface area contributed by atoms with Crippen molar-refractivity contribution < 1.29 is 19.1 Å². The largest absolute Gasteiger partial charge is 0.465 e. The molecule has 0 fully saturated rings. The molecule has 1 atom stereocenters. The molecule has 1 aromatic heterocycles. The molecule has 8 nitrogen and oxygen atoms in total. The highest BCUT2D eigenvalue weighted by Gasteiger charge is 2.34. The third-order valence-corrected chi connectivity index (χ3v) is 5.46. The van der Waals surface area contributed by atoms with Gasteiger partial charge in [-0.25, -0.2) is 4.79 Å². The molecule has 1 aliphatic rings. The van der Waals surface area contributed by atoms with Crippen molar-refractivity contribution in [1.29, 1.82) is 0 Å². The van der Waals surface area contributed by atoms with Gasteiger partial charge in [-0.3, -0.25) is 9.69 Å². The van der Waals surface area contributed by atoms with Crippen molar-refractivity contribution in [3.05, 3.63) is 59.7 Å². The van der Waals surface area contributed by atoms with Crippen LogP contribution >= 0.6 is 11.8 Å². The van der Waals surface area contributed by atoms with E-state index >= 15 is 0 Å². The maximum atomic E-state index is 12.8. The molecule has 1 amide bonds. The first-order valence-corrected chi connectivity index (χ1v) is 10.6. The summed E-state index contributed by atoms with van der Waals surface area (Å²) in [6.07, 6.45) is -0.803. The lowest BCUT2D eigenvalue weighted by atomic mass is 10.1. The van der Waals surface area contributed by atoms with E-state index in [1.54, 1.807) is 29.2 Å². The van der Waals surface area contributed by atoms with Crippen molar-refractivity contribution in [2.45, 2.75) is 25.2 Å². The minimum absolute atomic E-state index is 0.210. The predicted octanol–water partition coefficient (Wildman–Crippen LogP) is 3.88. The van der Waals surface area contributed by atoms with Crippen LogP contribution < -0.4 is 9.64 Å². The van der Waals surface area contributed by atoms with Gasteiger partial charge in [0.25, 0.3) is 0 Å². The van der Waals surface area contributed by atoms with Crippen LogP contribution in [0.2, 0.25) is 0 Å². The smallest absolute Gasteiger partial charge is 0.337 e. The van der Waals surface area contributed by atoms with E-state index in [1.165, 1.54) is 25.8 Å². The fraction of sp³-hybridized carbons (Fsp3) is 0.227. The van der Waals surface area contributed by atoms with Crippen LogP contribution in [0.15, 0.2) is 53.7 Å². The molecule has 4 rings (SSSR count). The second kappa shape index (κ2) is 8.73. The Bertz CT molecular complexity index is 1140. The van der Waals surface area contributed by atoms with Crippen LogP contribution in [0.4, 0.5) is 5.69 Å². The Labute approximate surface area is 183 Å². The Morgan fingerprint density at radius 1 is 1.13 bits per heavy atom. The second-order valence-electron chi connectivity index (χ2n) is 6.67. The minimum Gasteiger partial charge on any atom is -0.465 e. The third kappa shape index (κ3) is 3.96. The van der Waals surface area contributed by atoms with E-state index < -0.39 is 12.2 Å². The zero-order valence-corrected chi connectivity index (χ0v) is 18.0. The number of aromatic nitrogens is 3. The first-order valence-electron chi connectivity index (χ1n) is 9.65. The topological polar surface area (TPSA) is 94.5 Å². The molecule has 158 valence electrons. The average Bonchev–Trinajstić information content (AvgIpc) is 2.93. The third-order valence-electron chi connectivity index (χ3n) is 4.74. The van der Waals surface area contributed by atoms with Crippen molar-refractivity contribution in [3.63, 3.8) is 0 Å². The first kappa shape index (κ1) is 20.8. The maximum Gasteiger partial charge on any atom is 0.337 e. The summed E-state index contributed by atoms with van der Waals surface area (Å²) >= 11 is 1.45. The summed E-state index contributed by atoms with van der Waals surface area (Å²) in [7, 11) is 1.33. The molecular formula is C22H20N4O4S. The fourth-order valence-electron chi connectivity index (χ4n) is 3.36. The van der Waals surface area contributed by atoms with Gasteiger partial charge in [0.2, 0.25) is 23.2 Å². The van der Waals surface area contributed by atoms with Crippen molar-refractivity contribution in [2.24, 2.45) is 0 Å². The predicted molar refractivity (Wildman–Crippen MR) is 116 cm³/mol. The minimum atomic E-state index is -0.803. The van der Waals surface area contributed by atoms with E-state index in [-0.39, 0.29) is 5.91 Å². The molecule has 3 aromatic rings. The van der Waals surface area contributed by atoms with Gasteiger partial charge >= 0.3 is 5.97 Å². The number of para-hydroxylation sites is 1. The van der Waals surface area contributed by atoms with E-state index in [0.29, 0.717) is 39.1 Å². The van der Waals surface area contributed by atoms with Gasteiger partial charge in [0, 0.05) is 18.1 Å². The number of rotatable bonds is 4. The van der Waals surface area contributed by atoms with Gasteiger partial charge in [-0.2, -0.15) is 4.98 Å². The lowest BCUT2D eigenvalue weighted by Gasteiger charge is -2.29. The van der Waals surface area contributed by atoms with Gasteiger partial charge in [-0.05, 0) is 24.0 Å². The molecule has 0 radical (unpaired) electrons. The summed E-state index contributed by atoms with van der Waals surface area (Å²) in [6.45, 7) is 3.47. The molecule has 1 aliphatic heterocycles. The second-order valence-corrected chi connectivity index (χ2v) is 7.90. The SMILES string of the molecule is CCSc1nnc2c(n1)O[C@@H](c1ccc(C(=O)OC)cc1)N(C(C)=O)c1ccccc1-2. The maximum absolute atomic E-state index is 12.8. The highest BCUT2D eigenvalue weighted by atomic mass is 32.2. The van der Waals surface area contributed by atoms with Crippen LogP contribution in [-0.4, -0.2) is 39.9 Å². The molecule has 0 saturated carbocycles. The summed E-state index contributed by atoms with van der Waals surface area (Å²) < 4.78 is 11.0. The van der Waals surface area contributed by atoms with Crippen LogP contribution in [0.1, 0.15) is 36.0 Å². The molecule has 0 unspecified atom stereocenters. The average molecular weight is 436 g/mol. The molecule has 2 heterocycles. The number of anilines is 1. The van der Waals surface area contributed by atoms with Crippen molar-refractivity contribution >= 4 is 29.3 Å². The zero-order valence-electron chi connectivity index (χ0n) is 17.2. The molecule has 0 N–H and O–H groups in total. The number of carbonyl (C=O) groups is 2. The van der Waals surface area contributed by atoms with Gasteiger partial charge in [0.15, 0.2) is 5.69 Å². The Morgan fingerprint density at radius 2 is 1.87 bits per heavy atom. The number of carbonyl (C=O) groups excluding carboxylic acids is 2. The van der Waals surface area contributed by atoms with Crippen LogP contribution in [0, 0.1) is 0 Å². The van der Waals surface area contributed by atoms with Crippen LogP contribution in [0.3, 0.4) is 0 Å². The number of hydrogen-bond acceptors (Lipinski definition) is 8. The molecular weight excluding hydrogens is 416 g/mol. The molecule has 0 spiro atoms. The Hall–Kier alpha value is -3.46. The monoisotopic (exact) mass is 436 g/mol. The van der Waals surface area contributed by atoms with Gasteiger partial charge in [-0.15, -0.1) is 10.2 Å². The van der Waals surface area contributed by atoms with E-state index in [9.17, 15) is 9.59 Å². The molecule has 9 heteroatoms. The normalized spacial score (nSPS) is 14.7. The number of ether oxygens (including phenoxy) is 2. The Kier molecular flexibility index (Phi) is 5.85. The van der Waals surface area contributed by atoms with Crippen molar-refractivity contribution in [2.75, 3.05) is 17.8 Å². The van der Waals surface area contributed by atoms with E-state index in [4.69, 9.17) is 9.47 Å². The number of nitrogens with zero attached hydrogens (tertiary/aromatic N) is 4. The quantitative estimate of drug-likeness (QED) is 0.449. The summed E-state index contributed by atoms with van der Waals surface area (Å²) in [5, 5.41) is 9.04. The fourth-order valence-corrected chi connectivity index (χ4v) is 3.87. The number of benzene rings is 2. The number of esters is 1. The summed E-state index contributed by atoms with van der Waals surface area (Å²) in [5.74, 6) is 0.433. The molecule has 0 bridgehead atoms. The number of fused-ring (bicyclic) bond motifs is 3. The van der Waals surface area contributed by atoms with Crippen molar-refractivity contribution in [3.8, 4) is 17.1 Å². The highest BCUT2D eigenvalue weighted by molar-refractivity contribution is 7.99. The van der Waals surface area contributed by atoms with Gasteiger partial charge < -0.3 is 9.47 Å². The molecule has 31 heavy (non-hydrogen) atoms. The Morgan fingerprint density at radius 3 is 2.55 bits per heavy atom. The summed E-state index contributed by atoms with van der Waals surface area (Å²) in [4.78, 5) is 30.7. The Balaban J connectivity index is 1.87. The van der Waals surface area contributed by atoms with E-state index in [1.807, 2.05) is 31.2 Å². The highest BCUT2D eigenvalue weighted by Crippen LogP contribution is 2.43. The van der Waals surface area contributed by atoms with Crippen molar-refractivity contribution in [1.82, 2.24) is 15.2 Å². The number of hydrogen-bond donors (Lipinski definition) is 0. The molecule has 0 aliphatic carbocycles. The van der Waals surface area contributed by atoms with Gasteiger partial charge in [-0.1, -0.05) is 49.0 Å². The number of methoxy groups -OCH3 is 1. The van der Waals surface area contributed by atoms with Crippen LogP contribution in [0.5, 0.6) is 5.88 Å². The zero-order chi connectivity index (χ0) is 22.0. The van der Waals surface area contributed by atoms with Crippen LogP contribution in [0.25, 0.3) is 11.3 Å². The van der Waals surface area contributed by atoms with Gasteiger partial charge in [0.1, 0.15) is 0 Å². The first-order chi connectivity index (χ1) is 15.0. The standard InChI is InChI=1S/C22H20N4O4S/c1-4-31-22-23-19-18(24-25-22)16-7-5-6-8-17(16)26(13(2)27)20(30-19)14-9-11-15(12-10-14)21(28)29-3/h5-12,20H,4H2,1-3H3/t20-/m0/s1. The summed E-state index contributed by atoms with van der Waals surface area (Å²) in [5.41, 5.74) is 2.89. The van der Waals surface area contributed by atoms with E-state index in [0.717, 1.165) is 5.75 Å². The summed E-state index contributed by atoms with van der Waals surface area (Å²) in [6, 6.07) is 14.1. The van der Waals surface area contributed by atoms with Crippen LogP contribution in [-0.2, 0) is 9.53 Å². The number of thioether (sulfide) groups is 1. The number of amides is 1. The van der Waals surface area contributed by atoms with E-state index in [2.05, 4.69) is 15.2 Å². The van der Waals surface area contributed by atoms with Gasteiger partial charge in [0.05, 0.1) is 18.4 Å². The molecule has 0 saturated heterocycles. The lowest BCUT2D eigenvalue weighted by Crippen LogP contribution is -2.36.